The number of carbonyl (C=O) groups excluding carboxylic acids is 1. The molecule has 0 aliphatic rings. The van der Waals surface area contributed by atoms with Crippen molar-refractivity contribution in [1.29, 1.82) is 0 Å². The van der Waals surface area contributed by atoms with Crippen molar-refractivity contribution in [2.45, 2.75) is 45.6 Å². The molecule has 2 atom stereocenters. The predicted octanol–water partition coefficient (Wildman–Crippen LogP) is 3.46. The number of ether oxygens (including phenoxy) is 1. The Labute approximate surface area is 123 Å². The van der Waals surface area contributed by atoms with E-state index in [1.54, 1.807) is 24.3 Å². The van der Waals surface area contributed by atoms with Gasteiger partial charge in [0.2, 0.25) is 0 Å². The van der Waals surface area contributed by atoms with E-state index in [0.29, 0.717) is 0 Å². The number of alkyl halides is 2. The van der Waals surface area contributed by atoms with Crippen LogP contribution in [0.3, 0.4) is 0 Å². The number of halogens is 2. The number of hydrogen-bond donors (Lipinski definition) is 1. The lowest BCUT2D eigenvalue weighted by Crippen LogP contribution is -2.30. The summed E-state index contributed by atoms with van der Waals surface area (Å²) in [6.07, 6.45) is -4.57. The van der Waals surface area contributed by atoms with Crippen molar-refractivity contribution < 1.29 is 23.4 Å². The SMILES string of the molecule is CCOC(=O)C(C(F)F)C(O)c1ccc(C(C)(C)C)cc1. The molecule has 0 aliphatic heterocycles. The average molecular weight is 300 g/mol. The van der Waals surface area contributed by atoms with Crippen molar-refractivity contribution in [3.8, 4) is 0 Å². The van der Waals surface area contributed by atoms with Gasteiger partial charge in [-0.05, 0) is 23.5 Å². The second-order valence-corrected chi connectivity index (χ2v) is 5.93. The van der Waals surface area contributed by atoms with Crippen LogP contribution < -0.4 is 0 Å². The molecule has 0 fully saturated rings. The number of hydrogen-bond acceptors (Lipinski definition) is 3. The van der Waals surface area contributed by atoms with Crippen LogP contribution >= 0.6 is 0 Å². The Hall–Kier alpha value is -1.49. The minimum absolute atomic E-state index is 0.00225. The van der Waals surface area contributed by atoms with Crippen LogP contribution in [0.4, 0.5) is 8.78 Å². The zero-order valence-electron chi connectivity index (χ0n) is 12.8. The molecule has 1 aromatic carbocycles. The summed E-state index contributed by atoms with van der Waals surface area (Å²) >= 11 is 0. The Morgan fingerprint density at radius 1 is 1.24 bits per heavy atom. The molecule has 0 amide bonds. The third kappa shape index (κ3) is 4.49. The molecule has 118 valence electrons. The smallest absolute Gasteiger partial charge is 0.317 e. The first-order chi connectivity index (χ1) is 9.68. The molecule has 0 aliphatic carbocycles. The average Bonchev–Trinajstić information content (AvgIpc) is 2.37. The van der Waals surface area contributed by atoms with Crippen molar-refractivity contribution in [3.05, 3.63) is 35.4 Å². The number of benzene rings is 1. The van der Waals surface area contributed by atoms with Gasteiger partial charge in [-0.15, -0.1) is 0 Å². The molecule has 2 unspecified atom stereocenters. The zero-order valence-corrected chi connectivity index (χ0v) is 12.8. The van der Waals surface area contributed by atoms with Crippen LogP contribution in [0.1, 0.15) is 44.9 Å². The second kappa shape index (κ2) is 6.98. The van der Waals surface area contributed by atoms with Crippen LogP contribution in [-0.2, 0) is 14.9 Å². The summed E-state index contributed by atoms with van der Waals surface area (Å²) in [5, 5.41) is 10.1. The molecule has 0 radical (unpaired) electrons. The van der Waals surface area contributed by atoms with E-state index in [-0.39, 0.29) is 17.6 Å². The topological polar surface area (TPSA) is 46.5 Å². The molecular weight excluding hydrogens is 278 g/mol. The fourth-order valence-electron chi connectivity index (χ4n) is 2.00. The van der Waals surface area contributed by atoms with E-state index < -0.39 is 24.4 Å². The third-order valence-electron chi connectivity index (χ3n) is 3.29. The van der Waals surface area contributed by atoms with E-state index in [9.17, 15) is 18.7 Å². The molecule has 0 heterocycles. The quantitative estimate of drug-likeness (QED) is 0.847. The minimum atomic E-state index is -2.98. The van der Waals surface area contributed by atoms with Gasteiger partial charge in [0.25, 0.3) is 6.43 Å². The molecule has 0 bridgehead atoms. The highest BCUT2D eigenvalue weighted by Gasteiger charge is 2.37. The van der Waals surface area contributed by atoms with Gasteiger partial charge >= 0.3 is 5.97 Å². The van der Waals surface area contributed by atoms with Gasteiger partial charge in [-0.1, -0.05) is 45.0 Å². The number of carbonyl (C=O) groups is 1. The lowest BCUT2D eigenvalue weighted by molar-refractivity contribution is -0.160. The first kappa shape index (κ1) is 17.6. The van der Waals surface area contributed by atoms with E-state index in [1.165, 1.54) is 6.92 Å². The lowest BCUT2D eigenvalue weighted by atomic mass is 9.85. The third-order valence-corrected chi connectivity index (χ3v) is 3.29. The Bertz CT molecular complexity index is 463. The standard InChI is InChI=1S/C16H22F2O3/c1-5-21-15(20)12(14(17)18)13(19)10-6-8-11(9-7-10)16(2,3)4/h6-9,12-14,19H,5H2,1-4H3. The predicted molar refractivity (Wildman–Crippen MR) is 76.2 cm³/mol. The molecule has 1 N–H and O–H groups in total. The summed E-state index contributed by atoms with van der Waals surface area (Å²) < 4.78 is 30.6. The summed E-state index contributed by atoms with van der Waals surface area (Å²) in [6.45, 7) is 7.61. The van der Waals surface area contributed by atoms with Gasteiger partial charge in [-0.2, -0.15) is 0 Å². The van der Waals surface area contributed by atoms with Gasteiger partial charge in [-0.3, -0.25) is 4.79 Å². The zero-order chi connectivity index (χ0) is 16.2. The van der Waals surface area contributed by atoms with Gasteiger partial charge in [0, 0.05) is 0 Å². The van der Waals surface area contributed by atoms with Gasteiger partial charge in [-0.25, -0.2) is 8.78 Å². The van der Waals surface area contributed by atoms with Gasteiger partial charge in [0.1, 0.15) is 5.92 Å². The summed E-state index contributed by atoms with van der Waals surface area (Å²) in [5.74, 6) is -2.95. The minimum Gasteiger partial charge on any atom is -0.466 e. The Morgan fingerprint density at radius 2 is 1.76 bits per heavy atom. The van der Waals surface area contributed by atoms with Crippen LogP contribution in [0.5, 0.6) is 0 Å². The van der Waals surface area contributed by atoms with Crippen LogP contribution in [-0.4, -0.2) is 24.1 Å². The first-order valence-corrected chi connectivity index (χ1v) is 6.91. The largest absolute Gasteiger partial charge is 0.466 e. The highest BCUT2D eigenvalue weighted by atomic mass is 19.3. The highest BCUT2D eigenvalue weighted by Crippen LogP contribution is 2.30. The normalized spacial score (nSPS) is 14.9. The number of aliphatic hydroxyl groups excluding tert-OH is 1. The van der Waals surface area contributed by atoms with E-state index >= 15 is 0 Å². The fraction of sp³-hybridized carbons (Fsp3) is 0.562. The van der Waals surface area contributed by atoms with E-state index in [1.807, 2.05) is 20.8 Å². The molecule has 5 heteroatoms. The maximum Gasteiger partial charge on any atom is 0.317 e. The Kier molecular flexibility index (Phi) is 5.84. The van der Waals surface area contributed by atoms with Crippen LogP contribution in [0, 0.1) is 5.92 Å². The van der Waals surface area contributed by atoms with Crippen molar-refractivity contribution >= 4 is 5.97 Å². The van der Waals surface area contributed by atoms with Gasteiger partial charge in [0.15, 0.2) is 0 Å². The molecular formula is C16H22F2O3. The molecule has 3 nitrogen and oxygen atoms in total. The number of aliphatic hydroxyl groups is 1. The Balaban J connectivity index is 2.99. The summed E-state index contributed by atoms with van der Waals surface area (Å²) in [6, 6.07) is 6.68. The maximum atomic E-state index is 13.0. The van der Waals surface area contributed by atoms with Crippen molar-refractivity contribution in [1.82, 2.24) is 0 Å². The molecule has 1 aromatic rings. The molecule has 0 saturated heterocycles. The fourth-order valence-corrected chi connectivity index (χ4v) is 2.00. The highest BCUT2D eigenvalue weighted by molar-refractivity contribution is 5.74. The monoisotopic (exact) mass is 300 g/mol. The molecule has 0 spiro atoms. The van der Waals surface area contributed by atoms with E-state index in [0.717, 1.165) is 5.56 Å². The Morgan fingerprint density at radius 3 is 2.14 bits per heavy atom. The summed E-state index contributed by atoms with van der Waals surface area (Å²) in [5.41, 5.74) is 1.22. The van der Waals surface area contributed by atoms with Crippen LogP contribution in [0.15, 0.2) is 24.3 Å². The van der Waals surface area contributed by atoms with Crippen molar-refractivity contribution in [2.75, 3.05) is 6.61 Å². The molecule has 21 heavy (non-hydrogen) atoms. The van der Waals surface area contributed by atoms with Gasteiger partial charge < -0.3 is 9.84 Å². The molecule has 0 saturated carbocycles. The molecule has 1 rings (SSSR count). The van der Waals surface area contributed by atoms with E-state index in [2.05, 4.69) is 4.74 Å². The first-order valence-electron chi connectivity index (χ1n) is 6.91. The van der Waals surface area contributed by atoms with Crippen molar-refractivity contribution in [3.63, 3.8) is 0 Å². The van der Waals surface area contributed by atoms with Crippen molar-refractivity contribution in [2.24, 2.45) is 5.92 Å². The number of esters is 1. The van der Waals surface area contributed by atoms with Gasteiger partial charge in [0.05, 0.1) is 12.7 Å². The van der Waals surface area contributed by atoms with E-state index in [4.69, 9.17) is 0 Å². The maximum absolute atomic E-state index is 13.0. The second-order valence-electron chi connectivity index (χ2n) is 5.93. The van der Waals surface area contributed by atoms with Crippen LogP contribution in [0.25, 0.3) is 0 Å². The number of rotatable bonds is 5. The molecule has 0 aromatic heterocycles. The lowest BCUT2D eigenvalue weighted by Gasteiger charge is -2.23. The summed E-state index contributed by atoms with van der Waals surface area (Å²) in [7, 11) is 0. The van der Waals surface area contributed by atoms with Crippen LogP contribution in [0.2, 0.25) is 0 Å². The summed E-state index contributed by atoms with van der Waals surface area (Å²) in [4.78, 5) is 11.6.